The Morgan fingerprint density at radius 1 is 0.407 bits per heavy atom. The van der Waals surface area contributed by atoms with Crippen molar-refractivity contribution in [3.05, 3.63) is 0 Å². The molecular formula is C52H99NO6. The summed E-state index contributed by atoms with van der Waals surface area (Å²) in [5.41, 5.74) is 0. The van der Waals surface area contributed by atoms with Crippen LogP contribution in [0.15, 0.2) is 0 Å². The van der Waals surface area contributed by atoms with Gasteiger partial charge >= 0.3 is 17.9 Å². The minimum atomic E-state index is -0.0363. The van der Waals surface area contributed by atoms with Crippen LogP contribution in [-0.2, 0) is 28.6 Å². The fourth-order valence-corrected chi connectivity index (χ4v) is 8.94. The first-order valence-corrected chi connectivity index (χ1v) is 26.1. The summed E-state index contributed by atoms with van der Waals surface area (Å²) in [4.78, 5) is 40.5. The van der Waals surface area contributed by atoms with Crippen LogP contribution in [0.2, 0.25) is 0 Å². The lowest BCUT2D eigenvalue weighted by atomic mass is 9.92. The molecule has 59 heavy (non-hydrogen) atoms. The van der Waals surface area contributed by atoms with Gasteiger partial charge in [0.1, 0.15) is 0 Å². The first-order valence-electron chi connectivity index (χ1n) is 26.1. The number of carbonyl (C=O) groups is 3. The molecule has 1 fully saturated rings. The standard InChI is InChI=1S/C52H99NO6/c1-5-9-20-31-47(32-21-10-6-2)39-45-57-50(54)37-26-18-14-13-16-24-35-49(52(56)59-44-30-43-53-41-28-29-42-53)36-25-17-15-19-27-38-51(55)58-46-40-48(33-22-11-7-3)34-23-12-8-4/h47-49H,5-46H2,1-4H3. The minimum absolute atomic E-state index is 0.00103. The predicted octanol–water partition coefficient (Wildman–Crippen LogP) is 14.9. The summed E-state index contributed by atoms with van der Waals surface area (Å²) in [7, 11) is 0. The predicted molar refractivity (Wildman–Crippen MR) is 249 cm³/mol. The number of nitrogens with zero attached hydrogens (tertiary/aromatic N) is 1. The third kappa shape index (κ3) is 34.6. The van der Waals surface area contributed by atoms with Crippen molar-refractivity contribution < 1.29 is 28.6 Å². The number of esters is 3. The average molecular weight is 834 g/mol. The van der Waals surface area contributed by atoms with Crippen LogP contribution in [-0.4, -0.2) is 62.3 Å². The Balaban J connectivity index is 2.29. The summed E-state index contributed by atoms with van der Waals surface area (Å²) in [5, 5.41) is 0. The Labute approximate surface area is 366 Å². The molecule has 348 valence electrons. The molecule has 0 spiro atoms. The van der Waals surface area contributed by atoms with E-state index in [9.17, 15) is 14.4 Å². The Morgan fingerprint density at radius 3 is 1.19 bits per heavy atom. The Hall–Kier alpha value is -1.63. The third-order valence-electron chi connectivity index (χ3n) is 13.0. The molecule has 0 amide bonds. The van der Waals surface area contributed by atoms with Gasteiger partial charge in [0.2, 0.25) is 0 Å². The second-order valence-electron chi connectivity index (χ2n) is 18.5. The zero-order chi connectivity index (χ0) is 42.9. The molecule has 1 saturated heterocycles. The van der Waals surface area contributed by atoms with Crippen molar-refractivity contribution in [3.8, 4) is 0 Å². The van der Waals surface area contributed by atoms with Crippen molar-refractivity contribution in [2.75, 3.05) is 39.5 Å². The molecule has 1 rings (SSSR count). The minimum Gasteiger partial charge on any atom is -0.466 e. The Morgan fingerprint density at radius 2 is 0.780 bits per heavy atom. The van der Waals surface area contributed by atoms with Crippen LogP contribution in [0.25, 0.3) is 0 Å². The molecule has 7 heteroatoms. The molecule has 0 saturated carbocycles. The van der Waals surface area contributed by atoms with E-state index in [0.29, 0.717) is 44.5 Å². The molecule has 0 bridgehead atoms. The molecule has 0 radical (unpaired) electrons. The third-order valence-corrected chi connectivity index (χ3v) is 13.0. The second-order valence-corrected chi connectivity index (χ2v) is 18.5. The van der Waals surface area contributed by atoms with E-state index in [0.717, 1.165) is 109 Å². The van der Waals surface area contributed by atoms with Crippen LogP contribution < -0.4 is 0 Å². The van der Waals surface area contributed by atoms with Crippen LogP contribution in [0.3, 0.4) is 0 Å². The molecule has 0 aromatic heterocycles. The summed E-state index contributed by atoms with van der Waals surface area (Å²) in [6.45, 7) is 14.1. The normalized spacial score (nSPS) is 13.7. The highest BCUT2D eigenvalue weighted by molar-refractivity contribution is 5.72. The number of rotatable bonds is 44. The molecule has 0 aromatic carbocycles. The van der Waals surface area contributed by atoms with E-state index in [2.05, 4.69) is 32.6 Å². The van der Waals surface area contributed by atoms with Gasteiger partial charge in [-0.3, -0.25) is 14.4 Å². The number of carbonyl (C=O) groups excluding carboxylic acids is 3. The van der Waals surface area contributed by atoms with Gasteiger partial charge in [-0.15, -0.1) is 0 Å². The highest BCUT2D eigenvalue weighted by Crippen LogP contribution is 2.24. The molecule has 1 aliphatic heterocycles. The van der Waals surface area contributed by atoms with Crippen LogP contribution in [0.4, 0.5) is 0 Å². The lowest BCUT2D eigenvalue weighted by molar-refractivity contribution is -0.149. The molecular weight excluding hydrogens is 735 g/mol. The molecule has 1 atom stereocenters. The molecule has 1 aliphatic rings. The van der Waals surface area contributed by atoms with Gasteiger partial charge in [-0.2, -0.15) is 0 Å². The molecule has 0 N–H and O–H groups in total. The van der Waals surface area contributed by atoms with Crippen molar-refractivity contribution in [3.63, 3.8) is 0 Å². The lowest BCUT2D eigenvalue weighted by Gasteiger charge is -2.18. The Bertz CT molecular complexity index is 931. The van der Waals surface area contributed by atoms with E-state index in [1.807, 2.05) is 0 Å². The first-order chi connectivity index (χ1) is 28.9. The zero-order valence-corrected chi connectivity index (χ0v) is 39.8. The van der Waals surface area contributed by atoms with Crippen molar-refractivity contribution in [1.29, 1.82) is 0 Å². The van der Waals surface area contributed by atoms with E-state index in [1.54, 1.807) is 0 Å². The van der Waals surface area contributed by atoms with Crippen molar-refractivity contribution in [2.24, 2.45) is 17.8 Å². The number of unbranched alkanes of at least 4 members (excludes halogenated alkanes) is 17. The van der Waals surface area contributed by atoms with Gasteiger partial charge in [0, 0.05) is 19.4 Å². The lowest BCUT2D eigenvalue weighted by Crippen LogP contribution is -2.23. The van der Waals surface area contributed by atoms with Crippen molar-refractivity contribution >= 4 is 17.9 Å². The van der Waals surface area contributed by atoms with E-state index in [4.69, 9.17) is 14.2 Å². The summed E-state index contributed by atoms with van der Waals surface area (Å²) in [6, 6.07) is 0. The van der Waals surface area contributed by atoms with E-state index in [1.165, 1.54) is 129 Å². The number of hydrogen-bond donors (Lipinski definition) is 0. The highest BCUT2D eigenvalue weighted by atomic mass is 16.5. The van der Waals surface area contributed by atoms with Gasteiger partial charge in [-0.25, -0.2) is 0 Å². The summed E-state index contributed by atoms with van der Waals surface area (Å²) in [6.07, 6.45) is 40.4. The first kappa shape index (κ1) is 55.4. The maximum atomic E-state index is 13.2. The maximum absolute atomic E-state index is 13.2. The van der Waals surface area contributed by atoms with Gasteiger partial charge in [0.25, 0.3) is 0 Å². The van der Waals surface area contributed by atoms with E-state index < -0.39 is 0 Å². The van der Waals surface area contributed by atoms with Gasteiger partial charge in [0.05, 0.1) is 25.7 Å². The topological polar surface area (TPSA) is 82.1 Å². The Kier molecular flexibility index (Phi) is 39.2. The van der Waals surface area contributed by atoms with Gasteiger partial charge in [0.15, 0.2) is 0 Å². The molecule has 0 aromatic rings. The molecule has 0 aliphatic carbocycles. The maximum Gasteiger partial charge on any atom is 0.308 e. The van der Waals surface area contributed by atoms with Crippen LogP contribution in [0.5, 0.6) is 0 Å². The average Bonchev–Trinajstić information content (AvgIpc) is 3.76. The summed E-state index contributed by atoms with van der Waals surface area (Å²) < 4.78 is 17.1. The molecule has 1 unspecified atom stereocenters. The molecule has 7 nitrogen and oxygen atoms in total. The number of hydrogen-bond acceptors (Lipinski definition) is 7. The summed E-state index contributed by atoms with van der Waals surface area (Å²) in [5.74, 6) is 1.31. The zero-order valence-electron chi connectivity index (χ0n) is 39.8. The monoisotopic (exact) mass is 834 g/mol. The molecule has 1 heterocycles. The van der Waals surface area contributed by atoms with E-state index >= 15 is 0 Å². The van der Waals surface area contributed by atoms with Crippen LogP contribution in [0, 0.1) is 17.8 Å². The fourth-order valence-electron chi connectivity index (χ4n) is 8.94. The second kappa shape index (κ2) is 41.7. The largest absolute Gasteiger partial charge is 0.466 e. The van der Waals surface area contributed by atoms with Gasteiger partial charge < -0.3 is 19.1 Å². The fraction of sp³-hybridized carbons (Fsp3) is 0.942. The van der Waals surface area contributed by atoms with Crippen molar-refractivity contribution in [1.82, 2.24) is 4.90 Å². The highest BCUT2D eigenvalue weighted by Gasteiger charge is 2.20. The SMILES string of the molecule is CCCCCC(CCCCC)CCOC(=O)CCCCCCCCC(CCCCCCCC(=O)OCCC(CCCCC)CCCCC)C(=O)OCCCN1CCCC1. The van der Waals surface area contributed by atoms with Crippen molar-refractivity contribution in [2.45, 2.75) is 259 Å². The van der Waals surface area contributed by atoms with Crippen LogP contribution >= 0.6 is 0 Å². The quantitative estimate of drug-likeness (QED) is 0.0343. The smallest absolute Gasteiger partial charge is 0.308 e. The van der Waals surface area contributed by atoms with E-state index in [-0.39, 0.29) is 23.8 Å². The number of ether oxygens (including phenoxy) is 3. The van der Waals surface area contributed by atoms with Crippen LogP contribution in [0.1, 0.15) is 259 Å². The van der Waals surface area contributed by atoms with Gasteiger partial charge in [-0.05, 0) is 82.7 Å². The number of likely N-dealkylation sites (tertiary alicyclic amines) is 1. The summed E-state index contributed by atoms with van der Waals surface area (Å²) >= 11 is 0. The van der Waals surface area contributed by atoms with Gasteiger partial charge in [-0.1, -0.05) is 188 Å².